The number of halogens is 3. The van der Waals surface area contributed by atoms with Crippen LogP contribution in [0.15, 0.2) is 36.4 Å². The summed E-state index contributed by atoms with van der Waals surface area (Å²) in [6.45, 7) is 2.13. The van der Waals surface area contributed by atoms with Crippen molar-refractivity contribution in [3.8, 4) is 0 Å². The van der Waals surface area contributed by atoms with Gasteiger partial charge in [-0.15, -0.1) is 0 Å². The first kappa shape index (κ1) is 18.7. The lowest BCUT2D eigenvalue weighted by atomic mass is 9.90. The van der Waals surface area contributed by atoms with E-state index >= 15 is 0 Å². The van der Waals surface area contributed by atoms with E-state index < -0.39 is 12.2 Å². The Hall–Kier alpha value is -2.08. The zero-order valence-electron chi connectivity index (χ0n) is 14.8. The summed E-state index contributed by atoms with van der Waals surface area (Å²) < 4.78 is 41.9. The number of hydrogen-bond acceptors (Lipinski definition) is 2. The number of aryl methyl sites for hydroxylation is 1. The molecule has 1 aliphatic rings. The van der Waals surface area contributed by atoms with E-state index in [1.807, 2.05) is 24.3 Å². The highest BCUT2D eigenvalue weighted by atomic mass is 19.4. The predicted molar refractivity (Wildman–Crippen MR) is 95.4 cm³/mol. The van der Waals surface area contributed by atoms with Gasteiger partial charge in [0.1, 0.15) is 6.04 Å². The third-order valence-corrected chi connectivity index (χ3v) is 4.87. The van der Waals surface area contributed by atoms with Crippen molar-refractivity contribution in [2.45, 2.75) is 51.2 Å². The molecule has 1 fully saturated rings. The molecule has 1 saturated heterocycles. The van der Waals surface area contributed by atoms with Gasteiger partial charge in [0.2, 0.25) is 5.91 Å². The maximum absolute atomic E-state index is 14.0. The summed E-state index contributed by atoms with van der Waals surface area (Å²) in [6.07, 6.45) is -0.969. The molecule has 0 unspecified atom stereocenters. The van der Waals surface area contributed by atoms with Crippen molar-refractivity contribution in [1.29, 1.82) is 0 Å². The minimum atomic E-state index is -4.47. The quantitative estimate of drug-likeness (QED) is 0.739. The predicted octanol–water partition coefficient (Wildman–Crippen LogP) is 4.91. The molecule has 1 aliphatic heterocycles. The Balaban J connectivity index is 2.10. The molecule has 2 aromatic rings. The summed E-state index contributed by atoms with van der Waals surface area (Å²) in [5, 5.41) is 2.84. The van der Waals surface area contributed by atoms with Gasteiger partial charge in [-0.25, -0.2) is 5.01 Å². The van der Waals surface area contributed by atoms with Gasteiger partial charge in [-0.3, -0.25) is 10.2 Å². The third kappa shape index (κ3) is 3.85. The van der Waals surface area contributed by atoms with Gasteiger partial charge in [0.25, 0.3) is 0 Å². The maximum Gasteiger partial charge on any atom is 0.409 e. The van der Waals surface area contributed by atoms with Gasteiger partial charge in [0.05, 0.1) is 0 Å². The fourth-order valence-corrected chi connectivity index (χ4v) is 3.65. The van der Waals surface area contributed by atoms with E-state index in [2.05, 4.69) is 12.3 Å². The number of alkyl halides is 3. The number of hydrogen-bond donors (Lipinski definition) is 1. The van der Waals surface area contributed by atoms with E-state index in [1.165, 1.54) is 0 Å². The Kier molecular flexibility index (Phi) is 5.51. The largest absolute Gasteiger partial charge is 0.409 e. The Bertz CT molecular complexity index is 788. The van der Waals surface area contributed by atoms with Gasteiger partial charge in [-0.2, -0.15) is 13.2 Å². The van der Waals surface area contributed by atoms with Gasteiger partial charge in [0, 0.05) is 13.0 Å². The Morgan fingerprint density at radius 1 is 1.15 bits per heavy atom. The molecule has 1 heterocycles. The molecule has 0 radical (unpaired) electrons. The van der Waals surface area contributed by atoms with E-state index in [9.17, 15) is 18.0 Å². The smallest absolute Gasteiger partial charge is 0.288 e. The normalized spacial score (nSPS) is 16.8. The number of unbranched alkanes of at least 4 members (excludes halogenated alkanes) is 2. The molecule has 1 atom stereocenters. The van der Waals surface area contributed by atoms with Crippen molar-refractivity contribution in [2.75, 3.05) is 6.54 Å². The van der Waals surface area contributed by atoms with Crippen molar-refractivity contribution < 1.29 is 18.0 Å². The lowest BCUT2D eigenvalue weighted by Crippen LogP contribution is -2.44. The van der Waals surface area contributed by atoms with E-state index in [4.69, 9.17) is 0 Å². The summed E-state index contributed by atoms with van der Waals surface area (Å²) in [7, 11) is 0. The van der Waals surface area contributed by atoms with Gasteiger partial charge < -0.3 is 0 Å². The third-order valence-electron chi connectivity index (χ3n) is 4.87. The minimum Gasteiger partial charge on any atom is -0.288 e. The second-order valence-corrected chi connectivity index (χ2v) is 6.73. The molecule has 2 aromatic carbocycles. The summed E-state index contributed by atoms with van der Waals surface area (Å²) in [5.74, 6) is -0.368. The zero-order valence-corrected chi connectivity index (χ0v) is 14.8. The van der Waals surface area contributed by atoms with Crippen LogP contribution in [0.1, 0.15) is 49.8 Å². The van der Waals surface area contributed by atoms with E-state index in [-0.39, 0.29) is 24.4 Å². The number of rotatable bonds is 6. The second-order valence-electron chi connectivity index (χ2n) is 6.73. The van der Waals surface area contributed by atoms with Gasteiger partial charge in [0.15, 0.2) is 0 Å². The minimum absolute atomic E-state index is 0.0598. The summed E-state index contributed by atoms with van der Waals surface area (Å²) in [6, 6.07) is 9.04. The molecule has 1 amide bonds. The monoisotopic (exact) mass is 364 g/mol. The molecular weight excluding hydrogens is 341 g/mol. The number of carbonyl (C=O) groups is 1. The van der Waals surface area contributed by atoms with Crippen molar-refractivity contribution in [1.82, 2.24) is 10.4 Å². The van der Waals surface area contributed by atoms with Crippen LogP contribution in [0, 0.1) is 0 Å². The highest BCUT2D eigenvalue weighted by Gasteiger charge is 2.47. The molecule has 140 valence electrons. The first-order valence-corrected chi connectivity index (χ1v) is 9.05. The highest BCUT2D eigenvalue weighted by Crippen LogP contribution is 2.41. The molecule has 26 heavy (non-hydrogen) atoms. The number of hydrazine groups is 1. The first-order chi connectivity index (χ1) is 12.4. The number of amides is 1. The second kappa shape index (κ2) is 7.66. The number of nitrogens with one attached hydrogen (secondary N) is 1. The number of fused-ring (bicyclic) bond motifs is 1. The van der Waals surface area contributed by atoms with Gasteiger partial charge in [-0.1, -0.05) is 56.2 Å². The molecule has 0 spiro atoms. The molecule has 0 aromatic heterocycles. The van der Waals surface area contributed by atoms with Crippen molar-refractivity contribution in [3.63, 3.8) is 0 Å². The Morgan fingerprint density at radius 3 is 2.58 bits per heavy atom. The van der Waals surface area contributed by atoms with E-state index in [1.54, 1.807) is 12.1 Å². The summed E-state index contributed by atoms with van der Waals surface area (Å²) in [5.41, 5.74) is 3.36. The molecule has 3 rings (SSSR count). The van der Waals surface area contributed by atoms with Crippen LogP contribution in [0.3, 0.4) is 0 Å². The number of carbonyl (C=O) groups excluding carboxylic acids is 1. The lowest BCUT2D eigenvalue weighted by molar-refractivity contribution is -0.191. The van der Waals surface area contributed by atoms with Crippen LogP contribution in [0.2, 0.25) is 0 Å². The molecule has 1 N–H and O–H groups in total. The molecule has 0 saturated carbocycles. The Morgan fingerprint density at radius 2 is 1.92 bits per heavy atom. The van der Waals surface area contributed by atoms with Gasteiger partial charge in [-0.05, 0) is 34.7 Å². The molecule has 0 aliphatic carbocycles. The average molecular weight is 364 g/mol. The van der Waals surface area contributed by atoms with Crippen LogP contribution in [-0.2, 0) is 11.2 Å². The van der Waals surface area contributed by atoms with Crippen LogP contribution in [0.4, 0.5) is 13.2 Å². The number of nitrogens with zero attached hydrogens (tertiary/aromatic N) is 1. The molecule has 3 nitrogen and oxygen atoms in total. The molecule has 6 heteroatoms. The standard InChI is InChI=1S/C20H23F3N2O/c1-2-3-4-9-16-15-8-6-5-7-14(15)10-11-17(16)19(20(21,22)23)25-13-12-18(26)24-25/h5-8,10-11,19H,2-4,9,12-13H2,1H3,(H,24,26)/t19-/m0/s1. The Labute approximate surface area is 151 Å². The van der Waals surface area contributed by atoms with Crippen molar-refractivity contribution in [3.05, 3.63) is 47.5 Å². The topological polar surface area (TPSA) is 32.3 Å². The average Bonchev–Trinajstić information content (AvgIpc) is 3.01. The van der Waals surface area contributed by atoms with Crippen LogP contribution in [0.25, 0.3) is 10.8 Å². The van der Waals surface area contributed by atoms with E-state index in [0.717, 1.165) is 40.6 Å². The fraction of sp³-hybridized carbons (Fsp3) is 0.450. The van der Waals surface area contributed by atoms with E-state index in [0.29, 0.717) is 6.42 Å². The zero-order chi connectivity index (χ0) is 18.7. The first-order valence-electron chi connectivity index (χ1n) is 9.05. The maximum atomic E-state index is 14.0. The van der Waals surface area contributed by atoms with Gasteiger partial charge >= 0.3 is 6.18 Å². The lowest BCUT2D eigenvalue weighted by Gasteiger charge is -2.31. The molecular formula is C20H23F3N2O. The highest BCUT2D eigenvalue weighted by molar-refractivity contribution is 5.87. The van der Waals surface area contributed by atoms with Crippen molar-refractivity contribution in [2.24, 2.45) is 0 Å². The van der Waals surface area contributed by atoms with Crippen LogP contribution in [-0.4, -0.2) is 23.6 Å². The van der Waals surface area contributed by atoms with Crippen molar-refractivity contribution >= 4 is 16.7 Å². The fourth-order valence-electron chi connectivity index (χ4n) is 3.65. The van der Waals surface area contributed by atoms with Crippen LogP contribution < -0.4 is 5.43 Å². The number of benzene rings is 2. The van der Waals surface area contributed by atoms with Crippen LogP contribution in [0.5, 0.6) is 0 Å². The summed E-state index contributed by atoms with van der Waals surface area (Å²) >= 11 is 0. The molecule has 0 bridgehead atoms. The summed E-state index contributed by atoms with van der Waals surface area (Å²) in [4.78, 5) is 11.5. The SMILES string of the molecule is CCCCCc1c([C@H](N2CCC(=O)N2)C(F)(F)F)ccc2ccccc12. The van der Waals surface area contributed by atoms with Crippen LogP contribution >= 0.6 is 0 Å².